The molecule has 1 rings (SSSR count). The van der Waals surface area contributed by atoms with Gasteiger partial charge >= 0.3 is 0 Å². The van der Waals surface area contributed by atoms with E-state index in [1.54, 1.807) is 0 Å². The van der Waals surface area contributed by atoms with Crippen molar-refractivity contribution < 1.29 is 4.79 Å². The van der Waals surface area contributed by atoms with E-state index in [9.17, 15) is 4.79 Å². The lowest BCUT2D eigenvalue weighted by Gasteiger charge is -2.41. The first kappa shape index (κ1) is 13.5. The van der Waals surface area contributed by atoms with Crippen LogP contribution in [0, 0.1) is 11.3 Å². The fourth-order valence-corrected chi connectivity index (χ4v) is 2.72. The van der Waals surface area contributed by atoms with E-state index in [1.807, 2.05) is 11.8 Å². The van der Waals surface area contributed by atoms with E-state index in [4.69, 9.17) is 5.73 Å². The number of nitrogens with zero attached hydrogens (tertiary/aromatic N) is 1. The van der Waals surface area contributed by atoms with Gasteiger partial charge in [0.15, 0.2) is 0 Å². The molecular weight excluding hydrogens is 200 g/mol. The molecule has 0 aromatic heterocycles. The van der Waals surface area contributed by atoms with Gasteiger partial charge in [-0.2, -0.15) is 0 Å². The largest absolute Gasteiger partial charge is 0.342 e. The molecule has 3 heteroatoms. The molecule has 0 saturated carbocycles. The first-order chi connectivity index (χ1) is 7.52. The Kier molecular flexibility index (Phi) is 4.78. The molecule has 1 saturated heterocycles. The lowest BCUT2D eigenvalue weighted by atomic mass is 9.78. The number of likely N-dealkylation sites (tertiary alicyclic amines) is 1. The Morgan fingerprint density at radius 1 is 1.56 bits per heavy atom. The molecule has 94 valence electrons. The van der Waals surface area contributed by atoms with Gasteiger partial charge in [0, 0.05) is 25.6 Å². The number of piperidine rings is 1. The lowest BCUT2D eigenvalue weighted by molar-refractivity contribution is -0.138. The molecule has 0 bridgehead atoms. The van der Waals surface area contributed by atoms with Crippen molar-refractivity contribution in [2.45, 2.75) is 46.5 Å². The van der Waals surface area contributed by atoms with E-state index in [2.05, 4.69) is 13.8 Å². The number of hydrogen-bond acceptors (Lipinski definition) is 2. The van der Waals surface area contributed by atoms with Crippen molar-refractivity contribution in [2.24, 2.45) is 17.1 Å². The molecule has 3 nitrogen and oxygen atoms in total. The molecule has 0 aromatic carbocycles. The van der Waals surface area contributed by atoms with Gasteiger partial charge in [-0.3, -0.25) is 4.79 Å². The number of nitrogens with two attached hydrogens (primary N) is 1. The Bertz CT molecular complexity index is 238. The van der Waals surface area contributed by atoms with Crippen LogP contribution in [-0.2, 0) is 4.79 Å². The maximum atomic E-state index is 12.1. The van der Waals surface area contributed by atoms with Crippen LogP contribution in [0.4, 0.5) is 0 Å². The van der Waals surface area contributed by atoms with Crippen LogP contribution in [0.5, 0.6) is 0 Å². The number of carbonyl (C=O) groups is 1. The van der Waals surface area contributed by atoms with Gasteiger partial charge in [-0.05, 0) is 24.7 Å². The summed E-state index contributed by atoms with van der Waals surface area (Å²) in [5.41, 5.74) is 5.89. The third kappa shape index (κ3) is 3.21. The molecule has 2 unspecified atom stereocenters. The van der Waals surface area contributed by atoms with Crippen LogP contribution < -0.4 is 5.73 Å². The van der Waals surface area contributed by atoms with Crippen molar-refractivity contribution in [3.05, 3.63) is 0 Å². The Balaban J connectivity index is 2.59. The number of carbonyl (C=O) groups excluding carboxylic acids is 1. The van der Waals surface area contributed by atoms with E-state index in [1.165, 1.54) is 19.3 Å². The minimum absolute atomic E-state index is 0.0241. The molecule has 1 aliphatic heterocycles. The van der Waals surface area contributed by atoms with E-state index in [-0.39, 0.29) is 11.8 Å². The Morgan fingerprint density at radius 3 is 2.81 bits per heavy atom. The fraction of sp³-hybridized carbons (Fsp3) is 0.923. The Labute approximate surface area is 99.4 Å². The van der Waals surface area contributed by atoms with Gasteiger partial charge in [0.2, 0.25) is 5.91 Å². The predicted octanol–water partition coefficient (Wildman–Crippen LogP) is 2.01. The molecule has 1 amide bonds. The predicted molar refractivity (Wildman–Crippen MR) is 67.0 cm³/mol. The average molecular weight is 226 g/mol. The highest BCUT2D eigenvalue weighted by atomic mass is 16.2. The van der Waals surface area contributed by atoms with Gasteiger partial charge in [0.25, 0.3) is 0 Å². The molecular formula is C13H26N2O. The second-order valence-electron chi connectivity index (χ2n) is 5.56. The summed E-state index contributed by atoms with van der Waals surface area (Å²) in [5.74, 6) is 0.216. The average Bonchev–Trinajstić information content (AvgIpc) is 2.27. The van der Waals surface area contributed by atoms with Crippen LogP contribution in [0.3, 0.4) is 0 Å². The second kappa shape index (κ2) is 5.67. The first-order valence-corrected chi connectivity index (χ1v) is 6.51. The maximum Gasteiger partial charge on any atom is 0.226 e. The van der Waals surface area contributed by atoms with Gasteiger partial charge in [-0.15, -0.1) is 0 Å². The summed E-state index contributed by atoms with van der Waals surface area (Å²) in [6, 6.07) is 0. The van der Waals surface area contributed by atoms with Crippen molar-refractivity contribution >= 4 is 5.91 Å². The van der Waals surface area contributed by atoms with Crippen molar-refractivity contribution in [3.8, 4) is 0 Å². The zero-order valence-corrected chi connectivity index (χ0v) is 11.0. The smallest absolute Gasteiger partial charge is 0.226 e. The summed E-state index contributed by atoms with van der Waals surface area (Å²) in [6.07, 6.45) is 4.81. The van der Waals surface area contributed by atoms with Gasteiger partial charge in [-0.25, -0.2) is 0 Å². The highest BCUT2D eigenvalue weighted by Gasteiger charge is 2.33. The number of hydrogen-bond donors (Lipinski definition) is 1. The molecule has 0 aliphatic carbocycles. The Hall–Kier alpha value is -0.570. The molecule has 0 radical (unpaired) electrons. The molecule has 16 heavy (non-hydrogen) atoms. The van der Waals surface area contributed by atoms with Crippen molar-refractivity contribution in [3.63, 3.8) is 0 Å². The molecule has 0 aromatic rings. The quantitative estimate of drug-likeness (QED) is 0.797. The third-order valence-electron chi connectivity index (χ3n) is 3.72. The van der Waals surface area contributed by atoms with Crippen LogP contribution in [-0.4, -0.2) is 30.4 Å². The van der Waals surface area contributed by atoms with E-state index < -0.39 is 0 Å². The van der Waals surface area contributed by atoms with Crippen molar-refractivity contribution in [1.82, 2.24) is 4.90 Å². The van der Waals surface area contributed by atoms with Crippen LogP contribution in [0.1, 0.15) is 46.5 Å². The summed E-state index contributed by atoms with van der Waals surface area (Å²) in [6.45, 7) is 8.75. The first-order valence-electron chi connectivity index (χ1n) is 6.51. The summed E-state index contributed by atoms with van der Waals surface area (Å²) in [5, 5.41) is 0. The Morgan fingerprint density at radius 2 is 2.25 bits per heavy atom. The number of amides is 1. The summed E-state index contributed by atoms with van der Waals surface area (Å²) >= 11 is 0. The van der Waals surface area contributed by atoms with Gasteiger partial charge in [-0.1, -0.05) is 27.2 Å². The molecule has 1 aliphatic rings. The topological polar surface area (TPSA) is 46.3 Å². The number of rotatable bonds is 4. The minimum Gasteiger partial charge on any atom is -0.342 e. The summed E-state index contributed by atoms with van der Waals surface area (Å²) < 4.78 is 0. The fourth-order valence-electron chi connectivity index (χ4n) is 2.72. The summed E-state index contributed by atoms with van der Waals surface area (Å²) in [7, 11) is 0. The molecule has 1 heterocycles. The van der Waals surface area contributed by atoms with Gasteiger partial charge in [0.1, 0.15) is 0 Å². The standard InChI is InChI=1S/C13H26N2O/c1-4-6-13(3)7-5-8-15(10-13)12(16)11(2)9-14/h11H,4-10,14H2,1-3H3. The minimum atomic E-state index is -0.0241. The van der Waals surface area contributed by atoms with Crippen LogP contribution in [0.2, 0.25) is 0 Å². The molecule has 2 N–H and O–H groups in total. The zero-order valence-electron chi connectivity index (χ0n) is 11.0. The highest BCUT2D eigenvalue weighted by molar-refractivity contribution is 5.78. The van der Waals surface area contributed by atoms with E-state index >= 15 is 0 Å². The summed E-state index contributed by atoms with van der Waals surface area (Å²) in [4.78, 5) is 14.1. The third-order valence-corrected chi connectivity index (χ3v) is 3.72. The van der Waals surface area contributed by atoms with Crippen LogP contribution >= 0.6 is 0 Å². The van der Waals surface area contributed by atoms with E-state index in [0.29, 0.717) is 12.0 Å². The lowest BCUT2D eigenvalue weighted by Crippen LogP contribution is -2.47. The van der Waals surface area contributed by atoms with Crippen molar-refractivity contribution in [1.29, 1.82) is 0 Å². The second-order valence-corrected chi connectivity index (χ2v) is 5.56. The van der Waals surface area contributed by atoms with Crippen molar-refractivity contribution in [2.75, 3.05) is 19.6 Å². The zero-order chi connectivity index (χ0) is 12.2. The van der Waals surface area contributed by atoms with Crippen LogP contribution in [0.25, 0.3) is 0 Å². The van der Waals surface area contributed by atoms with Gasteiger partial charge < -0.3 is 10.6 Å². The normalized spacial score (nSPS) is 27.9. The van der Waals surface area contributed by atoms with E-state index in [0.717, 1.165) is 19.5 Å². The molecule has 0 spiro atoms. The maximum absolute atomic E-state index is 12.1. The monoisotopic (exact) mass is 226 g/mol. The SMILES string of the molecule is CCCC1(C)CCCN(C(=O)C(C)CN)C1. The highest BCUT2D eigenvalue weighted by Crippen LogP contribution is 2.34. The molecule has 2 atom stereocenters. The van der Waals surface area contributed by atoms with Crippen LogP contribution in [0.15, 0.2) is 0 Å². The van der Waals surface area contributed by atoms with Gasteiger partial charge in [0.05, 0.1) is 0 Å². The molecule has 1 fully saturated rings.